The number of aromatic nitrogens is 2. The highest BCUT2D eigenvalue weighted by atomic mass is 16.5. The van der Waals surface area contributed by atoms with Gasteiger partial charge in [0.25, 0.3) is 0 Å². The van der Waals surface area contributed by atoms with Crippen molar-refractivity contribution in [2.45, 2.75) is 6.61 Å². The van der Waals surface area contributed by atoms with Crippen LogP contribution in [-0.2, 0) is 6.61 Å². The SMILES string of the molecule is C=Cc1ccc(COc2ccc(-n3c(-c4ccc(N(c5ccccc5)c5ccccc5)cc4)nc4c5ccccc5c5ccccc5c43)cc2)cc1. The third-order valence-electron chi connectivity index (χ3n) is 9.66. The minimum atomic E-state index is 0.488. The van der Waals surface area contributed by atoms with E-state index in [1.807, 2.05) is 18.2 Å². The Hall–Kier alpha value is -6.91. The molecule has 0 fully saturated rings. The lowest BCUT2D eigenvalue weighted by molar-refractivity contribution is 0.306. The lowest BCUT2D eigenvalue weighted by Gasteiger charge is -2.25. The van der Waals surface area contributed by atoms with Crippen LogP contribution in [-0.4, -0.2) is 9.55 Å². The molecular formula is C48H35N3O. The van der Waals surface area contributed by atoms with Gasteiger partial charge in [0.1, 0.15) is 18.2 Å². The van der Waals surface area contributed by atoms with Crippen molar-refractivity contribution in [3.05, 3.63) is 200 Å². The molecule has 52 heavy (non-hydrogen) atoms. The number of nitrogens with zero attached hydrogens (tertiary/aromatic N) is 3. The zero-order valence-corrected chi connectivity index (χ0v) is 28.6. The predicted octanol–water partition coefficient (Wildman–Crippen LogP) is 12.7. The molecular weight excluding hydrogens is 635 g/mol. The number of rotatable bonds is 9. The van der Waals surface area contributed by atoms with Crippen molar-refractivity contribution in [2.75, 3.05) is 4.90 Å². The Morgan fingerprint density at radius 3 is 1.69 bits per heavy atom. The lowest BCUT2D eigenvalue weighted by Crippen LogP contribution is -2.09. The maximum atomic E-state index is 6.22. The minimum absolute atomic E-state index is 0.488. The van der Waals surface area contributed by atoms with Gasteiger partial charge in [0, 0.05) is 39.1 Å². The van der Waals surface area contributed by atoms with Crippen molar-refractivity contribution < 1.29 is 4.74 Å². The molecule has 0 amide bonds. The van der Waals surface area contributed by atoms with Crippen LogP contribution in [0, 0.1) is 0 Å². The van der Waals surface area contributed by atoms with Crippen LogP contribution in [0.4, 0.5) is 17.1 Å². The average molecular weight is 670 g/mol. The third-order valence-corrected chi connectivity index (χ3v) is 9.66. The maximum absolute atomic E-state index is 6.22. The monoisotopic (exact) mass is 669 g/mol. The molecule has 0 spiro atoms. The zero-order chi connectivity index (χ0) is 34.9. The summed E-state index contributed by atoms with van der Waals surface area (Å²) in [5.74, 6) is 1.69. The number of benzene rings is 8. The third kappa shape index (κ3) is 5.66. The number of fused-ring (bicyclic) bond motifs is 6. The summed E-state index contributed by atoms with van der Waals surface area (Å²) in [6.45, 7) is 4.34. The largest absolute Gasteiger partial charge is 0.489 e. The van der Waals surface area contributed by atoms with E-state index in [9.17, 15) is 0 Å². The van der Waals surface area contributed by atoms with Crippen molar-refractivity contribution in [2.24, 2.45) is 0 Å². The molecule has 0 unspecified atom stereocenters. The summed E-state index contributed by atoms with van der Waals surface area (Å²) in [4.78, 5) is 7.73. The van der Waals surface area contributed by atoms with Gasteiger partial charge < -0.3 is 9.64 Å². The molecule has 8 aromatic carbocycles. The minimum Gasteiger partial charge on any atom is -0.489 e. The molecule has 1 aromatic heterocycles. The zero-order valence-electron chi connectivity index (χ0n) is 28.6. The highest BCUT2D eigenvalue weighted by molar-refractivity contribution is 6.24. The van der Waals surface area contributed by atoms with Gasteiger partial charge in [0.05, 0.1) is 11.0 Å². The second-order valence-electron chi connectivity index (χ2n) is 12.8. The standard InChI is InChI=1S/C48H35N3O/c1-2-34-21-23-35(24-22-34)33-52-41-31-29-40(30-32-41)51-47-45-20-12-10-18-43(45)42-17-9-11-19-44(42)46(47)49-48(51)36-25-27-39(28-26-36)50(37-13-5-3-6-14-37)38-15-7-4-8-16-38/h2-32H,1,33H2. The molecule has 0 saturated heterocycles. The van der Waals surface area contributed by atoms with E-state index < -0.39 is 0 Å². The highest BCUT2D eigenvalue weighted by Gasteiger charge is 2.21. The van der Waals surface area contributed by atoms with E-state index in [0.29, 0.717) is 6.61 Å². The van der Waals surface area contributed by atoms with Crippen LogP contribution >= 0.6 is 0 Å². The average Bonchev–Trinajstić information content (AvgIpc) is 3.63. The van der Waals surface area contributed by atoms with E-state index in [0.717, 1.165) is 72.8 Å². The topological polar surface area (TPSA) is 30.3 Å². The molecule has 4 nitrogen and oxygen atoms in total. The number of hydrogen-bond donors (Lipinski definition) is 0. The normalized spacial score (nSPS) is 11.2. The first-order valence-electron chi connectivity index (χ1n) is 17.5. The maximum Gasteiger partial charge on any atom is 0.145 e. The van der Waals surface area contributed by atoms with Crippen LogP contribution in [0.2, 0.25) is 0 Å². The summed E-state index contributed by atoms with van der Waals surface area (Å²) < 4.78 is 8.53. The van der Waals surface area contributed by atoms with Crippen molar-refractivity contribution in [1.29, 1.82) is 0 Å². The Morgan fingerprint density at radius 1 is 0.538 bits per heavy atom. The number of ether oxygens (including phenoxy) is 1. The van der Waals surface area contributed by atoms with E-state index in [2.05, 4.69) is 186 Å². The number of hydrogen-bond acceptors (Lipinski definition) is 3. The molecule has 4 heteroatoms. The van der Waals surface area contributed by atoms with E-state index in [4.69, 9.17) is 9.72 Å². The van der Waals surface area contributed by atoms with Crippen molar-refractivity contribution in [1.82, 2.24) is 9.55 Å². The first-order valence-corrected chi connectivity index (χ1v) is 17.5. The molecule has 0 radical (unpaired) electrons. The molecule has 0 bridgehead atoms. The fraction of sp³-hybridized carbons (Fsp3) is 0.0208. The van der Waals surface area contributed by atoms with Gasteiger partial charge in [-0.15, -0.1) is 0 Å². The van der Waals surface area contributed by atoms with Gasteiger partial charge in [-0.25, -0.2) is 4.98 Å². The van der Waals surface area contributed by atoms with Crippen molar-refractivity contribution in [3.8, 4) is 22.8 Å². The summed E-state index contributed by atoms with van der Waals surface area (Å²) in [6.07, 6.45) is 1.85. The molecule has 0 atom stereocenters. The molecule has 0 aliphatic heterocycles. The van der Waals surface area contributed by atoms with Crippen LogP contribution in [0.5, 0.6) is 5.75 Å². The Kier molecular flexibility index (Phi) is 8.03. The summed E-state index contributed by atoms with van der Waals surface area (Å²) in [5.41, 5.74) is 9.57. The Morgan fingerprint density at radius 2 is 1.08 bits per heavy atom. The quantitative estimate of drug-likeness (QED) is 0.143. The molecule has 9 rings (SSSR count). The van der Waals surface area contributed by atoms with Crippen molar-refractivity contribution in [3.63, 3.8) is 0 Å². The van der Waals surface area contributed by atoms with Crippen LogP contribution in [0.3, 0.4) is 0 Å². The lowest BCUT2D eigenvalue weighted by atomic mass is 10.00. The second-order valence-corrected chi connectivity index (χ2v) is 12.8. The summed E-state index contributed by atoms with van der Waals surface area (Å²) in [7, 11) is 0. The summed E-state index contributed by atoms with van der Waals surface area (Å²) >= 11 is 0. The molecule has 0 N–H and O–H groups in total. The Bertz CT molecular complexity index is 2620. The summed E-state index contributed by atoms with van der Waals surface area (Å²) in [5, 5.41) is 4.70. The van der Waals surface area contributed by atoms with Gasteiger partial charge in [0.2, 0.25) is 0 Å². The number of imidazole rings is 1. The number of anilines is 3. The van der Waals surface area contributed by atoms with Gasteiger partial charge in [-0.2, -0.15) is 0 Å². The van der Waals surface area contributed by atoms with E-state index in [1.54, 1.807) is 0 Å². The molecule has 0 aliphatic carbocycles. The molecule has 1 heterocycles. The van der Waals surface area contributed by atoms with Gasteiger partial charge in [-0.3, -0.25) is 4.57 Å². The molecule has 0 saturated carbocycles. The Balaban J connectivity index is 1.18. The first kappa shape index (κ1) is 31.1. The van der Waals surface area contributed by atoms with Gasteiger partial charge in [-0.1, -0.05) is 122 Å². The summed E-state index contributed by atoms with van der Waals surface area (Å²) in [6, 6.07) is 63.6. The van der Waals surface area contributed by atoms with Gasteiger partial charge in [0.15, 0.2) is 0 Å². The second kappa shape index (κ2) is 13.4. The van der Waals surface area contributed by atoms with Gasteiger partial charge >= 0.3 is 0 Å². The van der Waals surface area contributed by atoms with E-state index >= 15 is 0 Å². The van der Waals surface area contributed by atoms with Crippen LogP contribution < -0.4 is 9.64 Å². The first-order chi connectivity index (χ1) is 25.7. The fourth-order valence-electron chi connectivity index (χ4n) is 7.12. The molecule has 248 valence electrons. The van der Waals surface area contributed by atoms with Crippen LogP contribution in [0.1, 0.15) is 11.1 Å². The molecule has 0 aliphatic rings. The number of para-hydroxylation sites is 2. The van der Waals surface area contributed by atoms with Crippen LogP contribution in [0.15, 0.2) is 189 Å². The van der Waals surface area contributed by atoms with Crippen molar-refractivity contribution >= 4 is 55.7 Å². The van der Waals surface area contributed by atoms with E-state index in [1.165, 1.54) is 10.8 Å². The predicted molar refractivity (Wildman–Crippen MR) is 217 cm³/mol. The highest BCUT2D eigenvalue weighted by Crippen LogP contribution is 2.40. The van der Waals surface area contributed by atoms with E-state index in [-0.39, 0.29) is 0 Å². The van der Waals surface area contributed by atoms with Gasteiger partial charge in [-0.05, 0) is 94.7 Å². The smallest absolute Gasteiger partial charge is 0.145 e. The van der Waals surface area contributed by atoms with Crippen LogP contribution in [0.25, 0.3) is 55.7 Å². The fourth-order valence-corrected chi connectivity index (χ4v) is 7.12. The Labute approximate surface area is 303 Å². The molecule has 9 aromatic rings.